The van der Waals surface area contributed by atoms with Gasteiger partial charge in [-0.15, -0.1) is 11.3 Å². The summed E-state index contributed by atoms with van der Waals surface area (Å²) in [5.41, 5.74) is 2.70. The van der Waals surface area contributed by atoms with Crippen molar-refractivity contribution in [2.24, 2.45) is 0 Å². The summed E-state index contributed by atoms with van der Waals surface area (Å²) in [5, 5.41) is 7.30. The zero-order valence-corrected chi connectivity index (χ0v) is 18.2. The number of hydrogen-bond acceptors (Lipinski definition) is 5. The molecule has 0 spiro atoms. The summed E-state index contributed by atoms with van der Waals surface area (Å²) in [6.45, 7) is 2.08. The van der Waals surface area contributed by atoms with Crippen LogP contribution in [-0.2, 0) is 20.8 Å². The number of rotatable bonds is 6. The van der Waals surface area contributed by atoms with Crippen molar-refractivity contribution < 1.29 is 18.8 Å². The molecule has 0 atom stereocenters. The highest BCUT2D eigenvalue weighted by atomic mass is 32.1. The molecular weight excluding hydrogens is 431 g/mol. The van der Waals surface area contributed by atoms with Gasteiger partial charge in [-0.3, -0.25) is 14.4 Å². The number of aromatic nitrogens is 1. The minimum Gasteiger partial charge on any atom is -0.326 e. The first-order valence-corrected chi connectivity index (χ1v) is 11.0. The molecule has 1 aliphatic rings. The fourth-order valence-corrected chi connectivity index (χ4v) is 4.25. The lowest BCUT2D eigenvalue weighted by molar-refractivity contribution is -0.117. The number of hydrogen-bond donors (Lipinski definition) is 2. The highest BCUT2D eigenvalue weighted by Crippen LogP contribution is 2.29. The Balaban J connectivity index is 1.38. The van der Waals surface area contributed by atoms with Crippen LogP contribution in [0.25, 0.3) is 11.3 Å². The van der Waals surface area contributed by atoms with Crippen molar-refractivity contribution in [1.82, 2.24) is 4.98 Å². The van der Waals surface area contributed by atoms with Gasteiger partial charge >= 0.3 is 0 Å². The van der Waals surface area contributed by atoms with Crippen LogP contribution in [0.15, 0.2) is 47.8 Å². The molecule has 1 aromatic heterocycles. The average molecular weight is 453 g/mol. The number of nitrogens with one attached hydrogen (secondary N) is 2. The summed E-state index contributed by atoms with van der Waals surface area (Å²) < 4.78 is 14.4. The maximum absolute atomic E-state index is 14.4. The number of carbonyl (C=O) groups is 3. The number of benzene rings is 2. The molecule has 0 saturated carbocycles. The van der Waals surface area contributed by atoms with E-state index in [1.54, 1.807) is 16.3 Å². The van der Waals surface area contributed by atoms with Crippen LogP contribution < -0.4 is 15.5 Å². The third kappa shape index (κ3) is 5.00. The molecular formula is C23H21FN4O3S. The van der Waals surface area contributed by atoms with E-state index in [2.05, 4.69) is 15.6 Å². The zero-order valence-electron chi connectivity index (χ0n) is 17.4. The maximum atomic E-state index is 14.4. The van der Waals surface area contributed by atoms with Crippen LogP contribution in [0, 0.1) is 5.82 Å². The molecule has 1 saturated heterocycles. The second kappa shape index (κ2) is 9.27. The lowest BCUT2D eigenvalue weighted by Crippen LogP contribution is -2.23. The van der Waals surface area contributed by atoms with E-state index in [1.165, 1.54) is 30.4 Å². The first-order valence-electron chi connectivity index (χ1n) is 10.1. The van der Waals surface area contributed by atoms with Gasteiger partial charge in [0.25, 0.3) is 0 Å². The Morgan fingerprint density at radius 2 is 1.94 bits per heavy atom. The minimum atomic E-state index is -0.518. The van der Waals surface area contributed by atoms with Crippen LogP contribution in [0.5, 0.6) is 0 Å². The summed E-state index contributed by atoms with van der Waals surface area (Å²) in [6, 6.07) is 11.7. The molecule has 1 fully saturated rings. The topological polar surface area (TPSA) is 91.4 Å². The molecule has 2 heterocycles. The molecule has 2 aromatic carbocycles. The number of anilines is 3. The average Bonchev–Trinajstić information content (AvgIpc) is 3.37. The second-order valence-electron chi connectivity index (χ2n) is 7.45. The van der Waals surface area contributed by atoms with E-state index in [0.29, 0.717) is 22.9 Å². The Hall–Kier alpha value is -3.59. The van der Waals surface area contributed by atoms with E-state index in [1.807, 2.05) is 24.3 Å². The number of thiazole rings is 1. The fourth-order valence-electron chi connectivity index (χ4n) is 3.52. The summed E-state index contributed by atoms with van der Waals surface area (Å²) in [4.78, 5) is 41.4. The Labute approximate surface area is 188 Å². The Morgan fingerprint density at radius 3 is 2.59 bits per heavy atom. The molecule has 0 aliphatic carbocycles. The number of halogens is 1. The largest absolute Gasteiger partial charge is 0.326 e. The Morgan fingerprint density at radius 1 is 1.16 bits per heavy atom. The van der Waals surface area contributed by atoms with E-state index >= 15 is 0 Å². The van der Waals surface area contributed by atoms with Gasteiger partial charge in [-0.1, -0.05) is 12.1 Å². The fraction of sp³-hybridized carbons (Fsp3) is 0.217. The number of carbonyl (C=O) groups excluding carboxylic acids is 3. The second-order valence-corrected chi connectivity index (χ2v) is 8.31. The van der Waals surface area contributed by atoms with Crippen LogP contribution in [0.4, 0.5) is 20.9 Å². The van der Waals surface area contributed by atoms with Crippen LogP contribution in [-0.4, -0.2) is 29.3 Å². The minimum absolute atomic E-state index is 0.122. The van der Waals surface area contributed by atoms with E-state index in [-0.39, 0.29) is 29.7 Å². The first-order chi connectivity index (χ1) is 15.4. The van der Waals surface area contributed by atoms with Crippen LogP contribution in [0.1, 0.15) is 25.3 Å². The van der Waals surface area contributed by atoms with Crippen molar-refractivity contribution >= 4 is 45.6 Å². The van der Waals surface area contributed by atoms with Gasteiger partial charge in [0, 0.05) is 42.2 Å². The molecule has 9 heteroatoms. The lowest BCUT2D eigenvalue weighted by atomic mass is 10.1. The summed E-state index contributed by atoms with van der Waals surface area (Å²) in [7, 11) is 0. The van der Waals surface area contributed by atoms with Crippen molar-refractivity contribution in [3.05, 3.63) is 59.2 Å². The van der Waals surface area contributed by atoms with Crippen molar-refractivity contribution in [2.75, 3.05) is 22.1 Å². The molecule has 0 unspecified atom stereocenters. The van der Waals surface area contributed by atoms with Gasteiger partial charge in [0.05, 0.1) is 12.1 Å². The molecule has 32 heavy (non-hydrogen) atoms. The highest BCUT2D eigenvalue weighted by Gasteiger charge is 2.21. The third-order valence-electron chi connectivity index (χ3n) is 5.00. The zero-order chi connectivity index (χ0) is 22.7. The Kier molecular flexibility index (Phi) is 6.27. The quantitative estimate of drug-likeness (QED) is 0.586. The normalized spacial score (nSPS) is 13.3. The van der Waals surface area contributed by atoms with Crippen LogP contribution in [0.3, 0.4) is 0 Å². The summed E-state index contributed by atoms with van der Waals surface area (Å²) in [6.07, 6.45) is 1.59. The van der Waals surface area contributed by atoms with Crippen molar-refractivity contribution in [2.45, 2.75) is 26.2 Å². The smallest absolute Gasteiger partial charge is 0.230 e. The predicted molar refractivity (Wildman–Crippen MR) is 122 cm³/mol. The maximum Gasteiger partial charge on any atom is 0.230 e. The van der Waals surface area contributed by atoms with Crippen LogP contribution >= 0.6 is 11.3 Å². The van der Waals surface area contributed by atoms with Gasteiger partial charge < -0.3 is 15.5 Å². The van der Waals surface area contributed by atoms with Gasteiger partial charge in [0.2, 0.25) is 17.7 Å². The van der Waals surface area contributed by atoms with E-state index in [0.717, 1.165) is 24.2 Å². The van der Waals surface area contributed by atoms with Crippen LogP contribution in [0.2, 0.25) is 0 Å². The molecule has 164 valence electrons. The standard InChI is InChI=1S/C23H21FN4O3S/c1-14(29)25-16-6-9-18(19(24)12-16)20-13-32-23(26-20)27-21(30)11-15-4-7-17(8-5-15)28-10-2-3-22(28)31/h4-9,12-13H,2-3,10-11H2,1H3,(H,25,29)(H,26,27,30). The van der Waals surface area contributed by atoms with Gasteiger partial charge in [0.1, 0.15) is 5.82 Å². The molecule has 3 aromatic rings. The molecule has 3 amide bonds. The van der Waals surface area contributed by atoms with Gasteiger partial charge in [-0.2, -0.15) is 0 Å². The van der Waals surface area contributed by atoms with E-state index in [9.17, 15) is 18.8 Å². The molecule has 7 nitrogen and oxygen atoms in total. The van der Waals surface area contributed by atoms with Gasteiger partial charge in [0.15, 0.2) is 5.13 Å². The molecule has 0 radical (unpaired) electrons. The number of amides is 3. The van der Waals surface area contributed by atoms with Crippen molar-refractivity contribution in [3.8, 4) is 11.3 Å². The first kappa shape index (κ1) is 21.6. The van der Waals surface area contributed by atoms with E-state index in [4.69, 9.17) is 0 Å². The summed E-state index contributed by atoms with van der Waals surface area (Å²) >= 11 is 1.20. The molecule has 2 N–H and O–H groups in total. The van der Waals surface area contributed by atoms with Gasteiger partial charge in [-0.25, -0.2) is 9.37 Å². The number of nitrogens with zero attached hydrogens (tertiary/aromatic N) is 2. The summed E-state index contributed by atoms with van der Waals surface area (Å²) in [5.74, 6) is -0.917. The van der Waals surface area contributed by atoms with E-state index < -0.39 is 5.82 Å². The SMILES string of the molecule is CC(=O)Nc1ccc(-c2csc(NC(=O)Cc3ccc(N4CCCC4=O)cc3)n2)c(F)c1. The highest BCUT2D eigenvalue weighted by molar-refractivity contribution is 7.14. The van der Waals surface area contributed by atoms with Crippen molar-refractivity contribution in [3.63, 3.8) is 0 Å². The monoisotopic (exact) mass is 452 g/mol. The van der Waals surface area contributed by atoms with Gasteiger partial charge in [-0.05, 0) is 42.3 Å². The third-order valence-corrected chi connectivity index (χ3v) is 5.76. The van der Waals surface area contributed by atoms with Crippen molar-refractivity contribution in [1.29, 1.82) is 0 Å². The molecule has 4 rings (SSSR count). The molecule has 0 bridgehead atoms. The predicted octanol–water partition coefficient (Wildman–Crippen LogP) is 4.22. The molecule has 1 aliphatic heterocycles. The lowest BCUT2D eigenvalue weighted by Gasteiger charge is -2.15. The Bertz CT molecular complexity index is 1180.